The van der Waals surface area contributed by atoms with Gasteiger partial charge in [0.05, 0.1) is 6.54 Å². The maximum Gasteiger partial charge on any atom is 0.328 e. The summed E-state index contributed by atoms with van der Waals surface area (Å²) in [6, 6.07) is 6.04. The fourth-order valence-corrected chi connectivity index (χ4v) is 2.93. The number of aromatic nitrogens is 2. The van der Waals surface area contributed by atoms with Crippen molar-refractivity contribution in [1.82, 2.24) is 9.13 Å². The predicted molar refractivity (Wildman–Crippen MR) is 81.9 cm³/mol. The van der Waals surface area contributed by atoms with Crippen LogP contribution in [0, 0.1) is 0 Å². The molecule has 21 heavy (non-hydrogen) atoms. The lowest BCUT2D eigenvalue weighted by molar-refractivity contribution is 0.0970. The lowest BCUT2D eigenvalue weighted by atomic mass is 10.0. The summed E-state index contributed by atoms with van der Waals surface area (Å²) in [7, 11) is 0. The highest BCUT2D eigenvalue weighted by atomic mass is 16.2. The van der Waals surface area contributed by atoms with E-state index in [1.165, 1.54) is 22.1 Å². The van der Waals surface area contributed by atoms with E-state index in [-0.39, 0.29) is 24.1 Å². The third kappa shape index (κ3) is 2.58. The number of ketones is 1. The van der Waals surface area contributed by atoms with Crippen molar-refractivity contribution in [2.45, 2.75) is 45.7 Å². The van der Waals surface area contributed by atoms with Crippen LogP contribution in [0.5, 0.6) is 0 Å². The van der Waals surface area contributed by atoms with Gasteiger partial charge in [-0.1, -0.05) is 12.1 Å². The molecule has 1 heterocycles. The summed E-state index contributed by atoms with van der Waals surface area (Å²) >= 11 is 0. The number of carbonyl (C=O) groups excluding carboxylic acids is 1. The molecule has 1 aromatic carbocycles. The molecule has 4 nitrogen and oxygen atoms in total. The highest BCUT2D eigenvalue weighted by molar-refractivity contribution is 5.96. The number of carbonyl (C=O) groups is 1. The van der Waals surface area contributed by atoms with E-state index in [1.807, 2.05) is 26.0 Å². The maximum absolute atomic E-state index is 12.4. The van der Waals surface area contributed by atoms with Crippen LogP contribution in [-0.4, -0.2) is 14.9 Å². The maximum atomic E-state index is 12.4. The standard InChI is InChI=1S/C17H20N2O2/c1-12(2)19-9-8-18(17(19)21)11-16(20)15-7-6-13-4-3-5-14(13)10-15/h6-10,12H,3-5,11H2,1-2H3. The van der Waals surface area contributed by atoms with Crippen molar-refractivity contribution in [3.8, 4) is 0 Å². The summed E-state index contributed by atoms with van der Waals surface area (Å²) in [5.41, 5.74) is 3.22. The number of benzene rings is 1. The third-order valence-electron chi connectivity index (χ3n) is 4.16. The van der Waals surface area contributed by atoms with Gasteiger partial charge >= 0.3 is 5.69 Å². The molecule has 0 radical (unpaired) electrons. The molecule has 0 saturated heterocycles. The summed E-state index contributed by atoms with van der Waals surface area (Å²) < 4.78 is 3.12. The zero-order valence-corrected chi connectivity index (χ0v) is 12.5. The molecule has 0 atom stereocenters. The van der Waals surface area contributed by atoms with Crippen molar-refractivity contribution < 1.29 is 4.79 Å². The molecule has 2 aromatic rings. The Morgan fingerprint density at radius 3 is 2.67 bits per heavy atom. The average molecular weight is 284 g/mol. The Hall–Kier alpha value is -2.10. The van der Waals surface area contributed by atoms with Crippen LogP contribution in [0.1, 0.15) is 47.8 Å². The van der Waals surface area contributed by atoms with Gasteiger partial charge in [0.2, 0.25) is 0 Å². The van der Waals surface area contributed by atoms with Gasteiger partial charge < -0.3 is 0 Å². The van der Waals surface area contributed by atoms with Crippen LogP contribution in [0.2, 0.25) is 0 Å². The van der Waals surface area contributed by atoms with E-state index in [1.54, 1.807) is 17.0 Å². The van der Waals surface area contributed by atoms with Crippen molar-refractivity contribution in [2.24, 2.45) is 0 Å². The number of nitrogens with zero attached hydrogens (tertiary/aromatic N) is 2. The van der Waals surface area contributed by atoms with Crippen molar-refractivity contribution in [3.05, 3.63) is 57.8 Å². The quantitative estimate of drug-likeness (QED) is 0.810. The van der Waals surface area contributed by atoms with Gasteiger partial charge in [0.15, 0.2) is 5.78 Å². The topological polar surface area (TPSA) is 44.0 Å². The molecular weight excluding hydrogens is 264 g/mol. The molecule has 3 rings (SSSR count). The molecule has 0 saturated carbocycles. The number of aryl methyl sites for hydroxylation is 2. The minimum Gasteiger partial charge on any atom is -0.297 e. The van der Waals surface area contributed by atoms with Crippen LogP contribution in [0.3, 0.4) is 0 Å². The van der Waals surface area contributed by atoms with Crippen LogP contribution < -0.4 is 5.69 Å². The fraction of sp³-hybridized carbons (Fsp3) is 0.412. The minimum absolute atomic E-state index is 0.00620. The number of Topliss-reactive ketones (excluding diaryl/α,β-unsaturated/α-hetero) is 1. The first kappa shape index (κ1) is 13.9. The van der Waals surface area contributed by atoms with Crippen molar-refractivity contribution >= 4 is 5.78 Å². The average Bonchev–Trinajstić information content (AvgIpc) is 3.05. The summed E-state index contributed by atoms with van der Waals surface area (Å²) in [5, 5.41) is 0. The third-order valence-corrected chi connectivity index (χ3v) is 4.16. The molecule has 110 valence electrons. The molecule has 0 bridgehead atoms. The largest absolute Gasteiger partial charge is 0.328 e. The minimum atomic E-state index is -0.125. The Balaban J connectivity index is 1.82. The number of imidazole rings is 1. The first-order valence-electron chi connectivity index (χ1n) is 7.48. The summed E-state index contributed by atoms with van der Waals surface area (Å²) in [6.07, 6.45) is 6.76. The molecule has 4 heteroatoms. The normalized spacial score (nSPS) is 13.7. The van der Waals surface area contributed by atoms with Crippen molar-refractivity contribution in [3.63, 3.8) is 0 Å². The summed E-state index contributed by atoms with van der Waals surface area (Å²) in [5.74, 6) is -0.00620. The van der Waals surface area contributed by atoms with Gasteiger partial charge in [-0.2, -0.15) is 0 Å². The van der Waals surface area contributed by atoms with Crippen LogP contribution in [0.4, 0.5) is 0 Å². The molecule has 0 N–H and O–H groups in total. The van der Waals surface area contributed by atoms with Gasteiger partial charge in [-0.05, 0) is 50.3 Å². The lowest BCUT2D eigenvalue weighted by Crippen LogP contribution is -2.27. The Morgan fingerprint density at radius 1 is 1.19 bits per heavy atom. The number of hydrogen-bond donors (Lipinski definition) is 0. The van der Waals surface area contributed by atoms with E-state index >= 15 is 0 Å². The molecule has 0 spiro atoms. The van der Waals surface area contributed by atoms with E-state index in [0.29, 0.717) is 5.56 Å². The van der Waals surface area contributed by atoms with Gasteiger partial charge in [-0.3, -0.25) is 13.9 Å². The van der Waals surface area contributed by atoms with E-state index in [2.05, 4.69) is 6.07 Å². The predicted octanol–water partition coefficient (Wildman–Crippen LogP) is 2.60. The Bertz CT molecular complexity index is 737. The van der Waals surface area contributed by atoms with Gasteiger partial charge in [0.1, 0.15) is 0 Å². The van der Waals surface area contributed by atoms with E-state index in [0.717, 1.165) is 12.8 Å². The fourth-order valence-electron chi connectivity index (χ4n) is 2.93. The second-order valence-corrected chi connectivity index (χ2v) is 5.97. The zero-order valence-electron chi connectivity index (χ0n) is 12.5. The van der Waals surface area contributed by atoms with Crippen molar-refractivity contribution in [1.29, 1.82) is 0 Å². The monoisotopic (exact) mass is 284 g/mol. The van der Waals surface area contributed by atoms with Gasteiger partial charge in [0, 0.05) is 24.0 Å². The van der Waals surface area contributed by atoms with Gasteiger partial charge in [-0.15, -0.1) is 0 Å². The smallest absolute Gasteiger partial charge is 0.297 e. The lowest BCUT2D eigenvalue weighted by Gasteiger charge is -2.06. The molecule has 1 aromatic heterocycles. The number of fused-ring (bicyclic) bond motifs is 1. The van der Waals surface area contributed by atoms with Crippen molar-refractivity contribution in [2.75, 3.05) is 0 Å². The van der Waals surface area contributed by atoms with E-state index < -0.39 is 0 Å². The second-order valence-electron chi connectivity index (χ2n) is 5.97. The zero-order chi connectivity index (χ0) is 15.0. The van der Waals surface area contributed by atoms with Crippen LogP contribution >= 0.6 is 0 Å². The summed E-state index contributed by atoms with van der Waals surface area (Å²) in [6.45, 7) is 4.01. The highest BCUT2D eigenvalue weighted by Crippen LogP contribution is 2.23. The number of rotatable bonds is 4. The molecule has 0 amide bonds. The van der Waals surface area contributed by atoms with E-state index in [4.69, 9.17) is 0 Å². The van der Waals surface area contributed by atoms with Crippen LogP contribution in [0.15, 0.2) is 35.4 Å². The summed E-state index contributed by atoms with van der Waals surface area (Å²) in [4.78, 5) is 24.5. The Kier molecular flexibility index (Phi) is 3.53. The molecule has 1 aliphatic carbocycles. The van der Waals surface area contributed by atoms with E-state index in [9.17, 15) is 9.59 Å². The molecule has 1 aliphatic rings. The molecule has 0 fully saturated rings. The first-order valence-corrected chi connectivity index (χ1v) is 7.48. The van der Waals surface area contributed by atoms with Gasteiger partial charge in [0.25, 0.3) is 0 Å². The molecular formula is C17H20N2O2. The number of hydrogen-bond acceptors (Lipinski definition) is 2. The molecule has 0 aliphatic heterocycles. The van der Waals surface area contributed by atoms with Crippen LogP contribution in [0.25, 0.3) is 0 Å². The molecule has 0 unspecified atom stereocenters. The first-order chi connectivity index (χ1) is 10.1. The second kappa shape index (κ2) is 5.35. The Labute approximate surface area is 124 Å². The highest BCUT2D eigenvalue weighted by Gasteiger charge is 2.15. The Morgan fingerprint density at radius 2 is 1.95 bits per heavy atom. The SMILES string of the molecule is CC(C)n1ccn(CC(=O)c2ccc3c(c2)CCC3)c1=O. The van der Waals surface area contributed by atoms with Crippen LogP contribution in [-0.2, 0) is 19.4 Å². The van der Waals surface area contributed by atoms with Gasteiger partial charge in [-0.25, -0.2) is 4.79 Å².